The van der Waals surface area contributed by atoms with Crippen LogP contribution in [0.2, 0.25) is 5.02 Å². The zero-order valence-corrected chi connectivity index (χ0v) is 15.7. The highest BCUT2D eigenvalue weighted by Gasteiger charge is 2.22. The van der Waals surface area contributed by atoms with E-state index in [-0.39, 0.29) is 17.4 Å². The van der Waals surface area contributed by atoms with Gasteiger partial charge in [0, 0.05) is 12.4 Å². The third kappa shape index (κ3) is 2.86. The summed E-state index contributed by atoms with van der Waals surface area (Å²) < 4.78 is 6.56. The van der Waals surface area contributed by atoms with Gasteiger partial charge in [0.05, 0.1) is 19.7 Å². The first-order valence-electron chi connectivity index (χ1n) is 6.53. The number of hydrogen-bond acceptors (Lipinski definition) is 3. The number of benzene rings is 2. The maximum absolute atomic E-state index is 12.6. The number of halogens is 3. The second kappa shape index (κ2) is 6.19. The molecule has 0 atom stereocenters. The molecule has 0 saturated carbocycles. The first-order valence-corrected chi connectivity index (χ1v) is 8.49. The predicted octanol–water partition coefficient (Wildman–Crippen LogP) is 5.59. The summed E-state index contributed by atoms with van der Waals surface area (Å²) in [6.07, 6.45) is 0. The molecule has 4 nitrogen and oxygen atoms in total. The Morgan fingerprint density at radius 1 is 1.26 bits per heavy atom. The van der Waals surface area contributed by atoms with E-state index in [1.54, 1.807) is 43.4 Å². The van der Waals surface area contributed by atoms with Gasteiger partial charge < -0.3 is 14.4 Å². The lowest BCUT2D eigenvalue weighted by atomic mass is 10.2. The SMILES string of the molecule is CN(C(=O)c1cc2c(Br)c(O)c(Br)cc2o1)c1ccccc1Cl. The van der Waals surface area contributed by atoms with Crippen LogP contribution in [0.5, 0.6) is 5.75 Å². The Kier molecular flexibility index (Phi) is 4.40. The Labute approximate surface area is 153 Å². The fourth-order valence-electron chi connectivity index (χ4n) is 2.20. The minimum Gasteiger partial charge on any atom is -0.506 e. The zero-order valence-electron chi connectivity index (χ0n) is 11.8. The topological polar surface area (TPSA) is 53.7 Å². The maximum atomic E-state index is 12.6. The molecular formula is C16H10Br2ClNO3. The van der Waals surface area contributed by atoms with Crippen molar-refractivity contribution in [1.82, 2.24) is 0 Å². The number of aromatic hydroxyl groups is 1. The Morgan fingerprint density at radius 2 is 1.96 bits per heavy atom. The minimum absolute atomic E-state index is 0.0526. The number of nitrogens with zero attached hydrogens (tertiary/aromatic N) is 1. The van der Waals surface area contributed by atoms with Crippen molar-refractivity contribution in [3.05, 3.63) is 56.1 Å². The van der Waals surface area contributed by atoms with E-state index in [1.807, 2.05) is 0 Å². The molecule has 0 unspecified atom stereocenters. The second-order valence-corrected chi connectivity index (χ2v) is 6.91. The molecule has 3 rings (SSSR count). The molecule has 0 bridgehead atoms. The van der Waals surface area contributed by atoms with Gasteiger partial charge in [0.2, 0.25) is 0 Å². The third-order valence-electron chi connectivity index (χ3n) is 3.42. The van der Waals surface area contributed by atoms with Gasteiger partial charge in [0.25, 0.3) is 5.91 Å². The smallest absolute Gasteiger partial charge is 0.293 e. The number of fused-ring (bicyclic) bond motifs is 1. The largest absolute Gasteiger partial charge is 0.506 e. The molecule has 1 aromatic heterocycles. The summed E-state index contributed by atoms with van der Waals surface area (Å²) in [5, 5.41) is 11.0. The van der Waals surface area contributed by atoms with Crippen molar-refractivity contribution < 1.29 is 14.3 Å². The van der Waals surface area contributed by atoms with Crippen LogP contribution in [0.3, 0.4) is 0 Å². The molecule has 0 spiro atoms. The molecule has 0 aliphatic carbocycles. The summed E-state index contributed by atoms with van der Waals surface area (Å²) in [6.45, 7) is 0. The maximum Gasteiger partial charge on any atom is 0.293 e. The summed E-state index contributed by atoms with van der Waals surface area (Å²) in [7, 11) is 1.62. The van der Waals surface area contributed by atoms with Crippen molar-refractivity contribution in [2.45, 2.75) is 0 Å². The molecule has 3 aromatic rings. The molecule has 1 N–H and O–H groups in total. The summed E-state index contributed by atoms with van der Waals surface area (Å²) in [5.41, 5.74) is 1.07. The van der Waals surface area contributed by atoms with Crippen molar-refractivity contribution >= 4 is 66.0 Å². The molecule has 0 radical (unpaired) electrons. The van der Waals surface area contributed by atoms with Crippen molar-refractivity contribution in [2.75, 3.05) is 11.9 Å². The molecule has 0 aliphatic rings. The lowest BCUT2D eigenvalue weighted by Crippen LogP contribution is -2.25. The van der Waals surface area contributed by atoms with E-state index < -0.39 is 0 Å². The van der Waals surface area contributed by atoms with Crippen LogP contribution in [0, 0.1) is 0 Å². The number of phenols is 1. The summed E-state index contributed by atoms with van der Waals surface area (Å²) in [6, 6.07) is 10.3. The van der Waals surface area contributed by atoms with Gasteiger partial charge in [-0.15, -0.1) is 0 Å². The molecule has 118 valence electrons. The Hall–Kier alpha value is -1.50. The van der Waals surface area contributed by atoms with Gasteiger partial charge in [-0.3, -0.25) is 4.79 Å². The van der Waals surface area contributed by atoms with Gasteiger partial charge >= 0.3 is 0 Å². The number of rotatable bonds is 2. The Balaban J connectivity index is 2.05. The zero-order chi connectivity index (χ0) is 16.7. The molecule has 1 heterocycles. The highest BCUT2D eigenvalue weighted by atomic mass is 79.9. The van der Waals surface area contributed by atoms with E-state index in [0.717, 1.165) is 0 Å². The van der Waals surface area contributed by atoms with E-state index in [4.69, 9.17) is 16.0 Å². The van der Waals surface area contributed by atoms with E-state index >= 15 is 0 Å². The number of hydrogen-bond donors (Lipinski definition) is 1. The van der Waals surface area contributed by atoms with Gasteiger partial charge in [-0.05, 0) is 56.1 Å². The average Bonchev–Trinajstić information content (AvgIpc) is 2.96. The average molecular weight is 460 g/mol. The van der Waals surface area contributed by atoms with Crippen molar-refractivity contribution in [3.8, 4) is 5.75 Å². The summed E-state index contributed by atoms with van der Waals surface area (Å²) in [5.74, 6) is -0.130. The number of anilines is 1. The summed E-state index contributed by atoms with van der Waals surface area (Å²) in [4.78, 5) is 14.1. The lowest BCUT2D eigenvalue weighted by Gasteiger charge is -2.17. The number of phenolic OH excluding ortho intramolecular Hbond substituents is 1. The van der Waals surface area contributed by atoms with Crippen LogP contribution in [-0.4, -0.2) is 18.1 Å². The van der Waals surface area contributed by atoms with Gasteiger partial charge in [-0.25, -0.2) is 0 Å². The number of amides is 1. The van der Waals surface area contributed by atoms with E-state index in [9.17, 15) is 9.90 Å². The molecule has 0 saturated heterocycles. The van der Waals surface area contributed by atoms with Crippen LogP contribution in [0.1, 0.15) is 10.6 Å². The van der Waals surface area contributed by atoms with Crippen LogP contribution in [0.15, 0.2) is 49.8 Å². The van der Waals surface area contributed by atoms with E-state index in [1.165, 1.54) is 4.90 Å². The second-order valence-electron chi connectivity index (χ2n) is 4.86. The van der Waals surface area contributed by atoms with Gasteiger partial charge in [-0.2, -0.15) is 0 Å². The molecular weight excluding hydrogens is 449 g/mol. The van der Waals surface area contributed by atoms with E-state index in [2.05, 4.69) is 31.9 Å². The minimum atomic E-state index is -0.336. The quantitative estimate of drug-likeness (QED) is 0.543. The fraction of sp³-hybridized carbons (Fsp3) is 0.0625. The number of para-hydroxylation sites is 1. The monoisotopic (exact) mass is 457 g/mol. The predicted molar refractivity (Wildman–Crippen MR) is 97.5 cm³/mol. The molecule has 2 aromatic carbocycles. The molecule has 0 aliphatic heterocycles. The van der Waals surface area contributed by atoms with Crippen LogP contribution in [0.25, 0.3) is 11.0 Å². The van der Waals surface area contributed by atoms with Gasteiger partial charge in [-0.1, -0.05) is 23.7 Å². The van der Waals surface area contributed by atoms with E-state index in [0.29, 0.717) is 30.6 Å². The standard InChI is InChI=1S/C16H10Br2ClNO3/c1-20(11-5-3-2-4-10(11)19)16(22)13-6-8-12(23-13)7-9(17)15(21)14(8)18/h2-7,21H,1H3. The van der Waals surface area contributed by atoms with Crippen molar-refractivity contribution in [1.29, 1.82) is 0 Å². The Morgan fingerprint density at radius 3 is 2.65 bits per heavy atom. The summed E-state index contributed by atoms with van der Waals surface area (Å²) >= 11 is 12.7. The number of carbonyl (C=O) groups excluding carboxylic acids is 1. The van der Waals surface area contributed by atoms with Crippen LogP contribution < -0.4 is 4.90 Å². The Bertz CT molecular complexity index is 923. The number of carbonyl (C=O) groups is 1. The van der Waals surface area contributed by atoms with Gasteiger partial charge in [0.15, 0.2) is 5.76 Å². The first kappa shape index (κ1) is 16.4. The number of furan rings is 1. The normalized spacial score (nSPS) is 11.0. The van der Waals surface area contributed by atoms with Crippen LogP contribution in [-0.2, 0) is 0 Å². The van der Waals surface area contributed by atoms with Crippen LogP contribution >= 0.6 is 43.5 Å². The van der Waals surface area contributed by atoms with Crippen LogP contribution in [0.4, 0.5) is 5.69 Å². The van der Waals surface area contributed by atoms with Crippen molar-refractivity contribution in [3.63, 3.8) is 0 Å². The molecule has 1 amide bonds. The third-order valence-corrected chi connectivity index (χ3v) is 5.15. The fourth-order valence-corrected chi connectivity index (χ4v) is 3.66. The molecule has 0 fully saturated rings. The molecule has 23 heavy (non-hydrogen) atoms. The highest BCUT2D eigenvalue weighted by Crippen LogP contribution is 2.40. The molecule has 7 heteroatoms. The van der Waals surface area contributed by atoms with Gasteiger partial charge in [0.1, 0.15) is 11.3 Å². The van der Waals surface area contributed by atoms with Crippen molar-refractivity contribution in [2.24, 2.45) is 0 Å². The lowest BCUT2D eigenvalue weighted by molar-refractivity contribution is 0.0968. The highest BCUT2D eigenvalue weighted by molar-refractivity contribution is 9.11. The first-order chi connectivity index (χ1) is 10.9.